The van der Waals surface area contributed by atoms with E-state index in [9.17, 15) is 4.79 Å². The number of hydrogen-bond acceptors (Lipinski definition) is 4. The molecular formula is C19H18N6O. The Morgan fingerprint density at radius 3 is 2.88 bits per heavy atom. The van der Waals surface area contributed by atoms with Gasteiger partial charge in [-0.05, 0) is 37.6 Å². The molecule has 3 aromatic heterocycles. The summed E-state index contributed by atoms with van der Waals surface area (Å²) in [4.78, 5) is 20.4. The molecule has 0 radical (unpaired) electrons. The lowest BCUT2D eigenvalue weighted by Gasteiger charge is -2.09. The van der Waals surface area contributed by atoms with Crippen LogP contribution in [0.4, 0.5) is 0 Å². The van der Waals surface area contributed by atoms with Crippen LogP contribution in [0, 0.1) is 13.8 Å². The Labute approximate surface area is 150 Å². The number of carbonyl (C=O) groups is 1. The zero-order valence-corrected chi connectivity index (χ0v) is 14.5. The summed E-state index contributed by atoms with van der Waals surface area (Å²) < 4.78 is 3.77. The number of aryl methyl sites for hydroxylation is 2. The van der Waals surface area contributed by atoms with E-state index in [2.05, 4.69) is 15.1 Å². The molecule has 0 aliphatic carbocycles. The molecule has 4 rings (SSSR count). The highest BCUT2D eigenvalue weighted by Crippen LogP contribution is 2.26. The van der Waals surface area contributed by atoms with Crippen molar-refractivity contribution in [3.05, 3.63) is 65.9 Å². The van der Waals surface area contributed by atoms with Crippen LogP contribution in [0.25, 0.3) is 22.7 Å². The molecule has 2 N–H and O–H groups in total. The summed E-state index contributed by atoms with van der Waals surface area (Å²) in [5, 5.41) is 4.45. The van der Waals surface area contributed by atoms with E-state index in [1.165, 1.54) is 0 Å². The van der Waals surface area contributed by atoms with Crippen molar-refractivity contribution >= 4 is 11.6 Å². The van der Waals surface area contributed by atoms with Crippen LogP contribution in [0.5, 0.6) is 0 Å². The molecule has 0 spiro atoms. The average molecular weight is 346 g/mol. The standard InChI is InChI=1S/C19H18N6O/c1-12-8-13(2)25-19(23-12)16(11-22-25)18-21-6-7-24(18)15-5-3-4-14(9-15)10-17(20)26/h3-9,11H,10H2,1-2H3,(H2,20,26). The molecule has 1 aromatic carbocycles. The molecule has 26 heavy (non-hydrogen) atoms. The fourth-order valence-electron chi connectivity index (χ4n) is 3.16. The monoisotopic (exact) mass is 346 g/mol. The molecule has 3 heterocycles. The second kappa shape index (κ2) is 6.11. The van der Waals surface area contributed by atoms with Gasteiger partial charge < -0.3 is 5.73 Å². The minimum Gasteiger partial charge on any atom is -0.369 e. The number of amides is 1. The summed E-state index contributed by atoms with van der Waals surface area (Å²) in [6.45, 7) is 3.96. The number of hydrogen-bond donors (Lipinski definition) is 1. The number of benzene rings is 1. The molecule has 0 saturated heterocycles. The maximum Gasteiger partial charge on any atom is 0.221 e. The van der Waals surface area contributed by atoms with Crippen LogP contribution >= 0.6 is 0 Å². The molecule has 1 amide bonds. The lowest BCUT2D eigenvalue weighted by Crippen LogP contribution is -2.13. The zero-order chi connectivity index (χ0) is 18.3. The summed E-state index contributed by atoms with van der Waals surface area (Å²) in [5.74, 6) is 0.388. The molecule has 0 aliphatic heterocycles. The molecule has 0 bridgehead atoms. The number of nitrogens with zero attached hydrogens (tertiary/aromatic N) is 5. The summed E-state index contributed by atoms with van der Waals surface area (Å²) in [6.07, 6.45) is 5.60. The van der Waals surface area contributed by atoms with Gasteiger partial charge in [0.05, 0.1) is 18.2 Å². The van der Waals surface area contributed by atoms with Gasteiger partial charge in [-0.2, -0.15) is 5.10 Å². The number of nitrogens with two attached hydrogens (primary N) is 1. The van der Waals surface area contributed by atoms with Crippen molar-refractivity contribution in [3.63, 3.8) is 0 Å². The summed E-state index contributed by atoms with van der Waals surface area (Å²) >= 11 is 0. The van der Waals surface area contributed by atoms with Crippen molar-refractivity contribution in [1.82, 2.24) is 24.1 Å². The van der Waals surface area contributed by atoms with Crippen molar-refractivity contribution < 1.29 is 4.79 Å². The predicted octanol–water partition coefficient (Wildman–Crippen LogP) is 2.23. The predicted molar refractivity (Wildman–Crippen MR) is 97.9 cm³/mol. The normalized spacial score (nSPS) is 11.2. The van der Waals surface area contributed by atoms with E-state index in [1.807, 2.05) is 59.5 Å². The number of imidazole rings is 1. The van der Waals surface area contributed by atoms with E-state index in [1.54, 1.807) is 12.4 Å². The molecule has 0 aliphatic rings. The van der Waals surface area contributed by atoms with E-state index in [0.717, 1.165) is 39.7 Å². The van der Waals surface area contributed by atoms with Crippen molar-refractivity contribution in [2.75, 3.05) is 0 Å². The first-order valence-electron chi connectivity index (χ1n) is 8.26. The maximum atomic E-state index is 11.2. The largest absolute Gasteiger partial charge is 0.369 e. The van der Waals surface area contributed by atoms with E-state index in [-0.39, 0.29) is 12.3 Å². The Kier molecular flexibility index (Phi) is 3.76. The van der Waals surface area contributed by atoms with Gasteiger partial charge in [0.1, 0.15) is 5.82 Å². The highest BCUT2D eigenvalue weighted by molar-refractivity contribution is 5.77. The molecule has 7 heteroatoms. The summed E-state index contributed by atoms with van der Waals surface area (Å²) in [7, 11) is 0. The van der Waals surface area contributed by atoms with Gasteiger partial charge in [-0.3, -0.25) is 9.36 Å². The average Bonchev–Trinajstić information content (AvgIpc) is 3.20. The SMILES string of the molecule is Cc1cc(C)n2ncc(-c3nccn3-c3cccc(CC(N)=O)c3)c2n1. The maximum absolute atomic E-state index is 11.2. The third-order valence-corrected chi connectivity index (χ3v) is 4.23. The topological polar surface area (TPSA) is 91.1 Å². The molecule has 0 atom stereocenters. The van der Waals surface area contributed by atoms with Crippen LogP contribution < -0.4 is 5.73 Å². The molecule has 7 nitrogen and oxygen atoms in total. The molecule has 0 fully saturated rings. The molecule has 0 unspecified atom stereocenters. The van der Waals surface area contributed by atoms with Gasteiger partial charge in [-0.25, -0.2) is 14.5 Å². The van der Waals surface area contributed by atoms with Gasteiger partial charge >= 0.3 is 0 Å². The number of rotatable bonds is 4. The molecule has 4 aromatic rings. The van der Waals surface area contributed by atoms with Gasteiger partial charge in [0.15, 0.2) is 5.65 Å². The van der Waals surface area contributed by atoms with E-state index < -0.39 is 0 Å². The second-order valence-corrected chi connectivity index (χ2v) is 6.27. The number of primary amides is 1. The van der Waals surface area contributed by atoms with Crippen LogP contribution in [-0.2, 0) is 11.2 Å². The smallest absolute Gasteiger partial charge is 0.221 e. The molecule has 0 saturated carbocycles. The number of fused-ring (bicyclic) bond motifs is 1. The number of aromatic nitrogens is 5. The van der Waals surface area contributed by atoms with Crippen molar-refractivity contribution in [2.45, 2.75) is 20.3 Å². The minimum atomic E-state index is -0.356. The van der Waals surface area contributed by atoms with Crippen molar-refractivity contribution in [3.8, 4) is 17.1 Å². The first-order chi connectivity index (χ1) is 12.5. The lowest BCUT2D eigenvalue weighted by molar-refractivity contribution is -0.117. The molecule has 130 valence electrons. The van der Waals surface area contributed by atoms with Crippen molar-refractivity contribution in [1.29, 1.82) is 0 Å². The lowest BCUT2D eigenvalue weighted by atomic mass is 10.1. The Hall–Kier alpha value is -3.48. The highest BCUT2D eigenvalue weighted by Gasteiger charge is 2.16. The van der Waals surface area contributed by atoms with Gasteiger partial charge in [-0.15, -0.1) is 0 Å². The van der Waals surface area contributed by atoms with Gasteiger partial charge in [0.2, 0.25) is 5.91 Å². The van der Waals surface area contributed by atoms with E-state index in [4.69, 9.17) is 5.73 Å². The quantitative estimate of drug-likeness (QED) is 0.613. The van der Waals surface area contributed by atoms with E-state index >= 15 is 0 Å². The van der Waals surface area contributed by atoms with Crippen LogP contribution in [-0.4, -0.2) is 30.1 Å². The van der Waals surface area contributed by atoms with Crippen LogP contribution in [0.1, 0.15) is 17.0 Å². The Morgan fingerprint density at radius 2 is 2.08 bits per heavy atom. The van der Waals surface area contributed by atoms with Gasteiger partial charge in [0.25, 0.3) is 0 Å². The van der Waals surface area contributed by atoms with Gasteiger partial charge in [-0.1, -0.05) is 12.1 Å². The summed E-state index contributed by atoms with van der Waals surface area (Å²) in [6, 6.07) is 9.68. The van der Waals surface area contributed by atoms with Crippen LogP contribution in [0.3, 0.4) is 0 Å². The third-order valence-electron chi connectivity index (χ3n) is 4.23. The second-order valence-electron chi connectivity index (χ2n) is 6.27. The third kappa shape index (κ3) is 2.73. The van der Waals surface area contributed by atoms with Crippen molar-refractivity contribution in [2.24, 2.45) is 5.73 Å². The molecular weight excluding hydrogens is 328 g/mol. The Balaban J connectivity index is 1.85. The fourth-order valence-corrected chi connectivity index (χ4v) is 3.16. The van der Waals surface area contributed by atoms with Crippen LogP contribution in [0.15, 0.2) is 48.9 Å². The highest BCUT2D eigenvalue weighted by atomic mass is 16.1. The van der Waals surface area contributed by atoms with Gasteiger partial charge in [0, 0.05) is 29.5 Å². The minimum absolute atomic E-state index is 0.203. The Morgan fingerprint density at radius 1 is 1.23 bits per heavy atom. The summed E-state index contributed by atoms with van der Waals surface area (Å²) in [5.41, 5.74) is 10.6. The number of carbonyl (C=O) groups excluding carboxylic acids is 1. The Bertz CT molecular complexity index is 1120. The fraction of sp³-hybridized carbons (Fsp3) is 0.158. The van der Waals surface area contributed by atoms with E-state index in [0.29, 0.717) is 0 Å². The van der Waals surface area contributed by atoms with Crippen LogP contribution in [0.2, 0.25) is 0 Å². The first-order valence-corrected chi connectivity index (χ1v) is 8.26. The zero-order valence-electron chi connectivity index (χ0n) is 14.5. The first kappa shape index (κ1) is 16.0.